The third-order valence-corrected chi connectivity index (χ3v) is 5.14. The first kappa shape index (κ1) is 20.4. The molecule has 3 rings (SSSR count). The average Bonchev–Trinajstić information content (AvgIpc) is 2.68. The van der Waals surface area contributed by atoms with Gasteiger partial charge in [-0.2, -0.15) is 4.98 Å². The van der Waals surface area contributed by atoms with E-state index in [1.54, 1.807) is 24.1 Å². The number of guanidine groups is 1. The predicted molar refractivity (Wildman–Crippen MR) is 117 cm³/mol. The van der Waals surface area contributed by atoms with Crippen LogP contribution < -0.4 is 15.5 Å². The fourth-order valence-electron chi connectivity index (χ4n) is 3.30. The maximum Gasteiger partial charge on any atom is 0.234 e. The molecule has 3 N–H and O–H groups in total. The predicted octanol–water partition coefficient (Wildman–Crippen LogP) is 3.82. The van der Waals surface area contributed by atoms with Crippen molar-refractivity contribution in [3.63, 3.8) is 0 Å². The standard InChI is InChI=1S/C20H28ClN7/c1-4-28-11-5-6-17(13-28)24-18-12-14(2)23-20(26-18)27(3)19(22)25-16-9-7-15(21)8-10-16/h7-10,12,17H,4-6,11,13H2,1-3H3,(H2,22,25)(H,23,24,26). The third kappa shape index (κ3) is 5.33. The van der Waals surface area contributed by atoms with E-state index in [2.05, 4.69) is 32.4 Å². The second-order valence-corrected chi connectivity index (χ2v) is 7.55. The molecule has 0 saturated carbocycles. The number of piperidine rings is 1. The summed E-state index contributed by atoms with van der Waals surface area (Å²) in [6.45, 7) is 7.41. The van der Waals surface area contributed by atoms with E-state index < -0.39 is 0 Å². The van der Waals surface area contributed by atoms with E-state index in [0.29, 0.717) is 17.0 Å². The van der Waals surface area contributed by atoms with Crippen LogP contribution >= 0.6 is 11.6 Å². The monoisotopic (exact) mass is 401 g/mol. The lowest BCUT2D eigenvalue weighted by Gasteiger charge is -2.32. The number of likely N-dealkylation sites (N-methyl/N-ethyl adjacent to an activating group) is 1. The number of halogens is 1. The molecule has 2 aromatic rings. The van der Waals surface area contributed by atoms with Gasteiger partial charge in [0.25, 0.3) is 0 Å². The second-order valence-electron chi connectivity index (χ2n) is 7.11. The highest BCUT2D eigenvalue weighted by Gasteiger charge is 2.20. The van der Waals surface area contributed by atoms with Gasteiger partial charge >= 0.3 is 0 Å². The summed E-state index contributed by atoms with van der Waals surface area (Å²) in [4.78, 5) is 13.2. The van der Waals surface area contributed by atoms with Gasteiger partial charge in [-0.25, -0.2) is 4.98 Å². The molecule has 28 heavy (non-hydrogen) atoms. The summed E-state index contributed by atoms with van der Waals surface area (Å²) < 4.78 is 0. The number of likely N-dealkylation sites (tertiary alicyclic amines) is 1. The molecule has 0 amide bonds. The van der Waals surface area contributed by atoms with Crippen LogP contribution in [0.4, 0.5) is 17.5 Å². The Morgan fingerprint density at radius 2 is 2.07 bits per heavy atom. The highest BCUT2D eigenvalue weighted by Crippen LogP contribution is 2.19. The maximum absolute atomic E-state index is 8.34. The molecule has 1 aliphatic rings. The normalized spacial score (nSPS) is 17.2. The van der Waals surface area contributed by atoms with Gasteiger partial charge in [0.2, 0.25) is 11.9 Å². The molecule has 1 aromatic heterocycles. The highest BCUT2D eigenvalue weighted by atomic mass is 35.5. The van der Waals surface area contributed by atoms with Gasteiger partial charge in [0.15, 0.2) is 0 Å². The Kier molecular flexibility index (Phi) is 6.70. The molecule has 1 atom stereocenters. The summed E-state index contributed by atoms with van der Waals surface area (Å²) in [5.41, 5.74) is 1.65. The fourth-order valence-corrected chi connectivity index (χ4v) is 3.43. The van der Waals surface area contributed by atoms with E-state index in [9.17, 15) is 0 Å². The van der Waals surface area contributed by atoms with Crippen LogP contribution in [0.2, 0.25) is 5.02 Å². The molecule has 0 bridgehead atoms. The van der Waals surface area contributed by atoms with Crippen LogP contribution in [0.25, 0.3) is 0 Å². The Hall–Kier alpha value is -2.38. The van der Waals surface area contributed by atoms with Crippen molar-refractivity contribution in [1.82, 2.24) is 14.9 Å². The molecule has 1 fully saturated rings. The zero-order valence-electron chi connectivity index (χ0n) is 16.7. The molecule has 8 heteroatoms. The first-order chi connectivity index (χ1) is 13.4. The van der Waals surface area contributed by atoms with Crippen LogP contribution in [0.3, 0.4) is 0 Å². The van der Waals surface area contributed by atoms with Gasteiger partial charge in [-0.15, -0.1) is 0 Å². The van der Waals surface area contributed by atoms with Crippen molar-refractivity contribution < 1.29 is 0 Å². The molecule has 0 aliphatic carbocycles. The van der Waals surface area contributed by atoms with Crippen molar-refractivity contribution >= 4 is 35.0 Å². The summed E-state index contributed by atoms with van der Waals surface area (Å²) in [5, 5.41) is 15.6. The number of aryl methyl sites for hydroxylation is 1. The number of anilines is 3. The number of aromatic nitrogens is 2. The summed E-state index contributed by atoms with van der Waals surface area (Å²) in [5.74, 6) is 1.47. The molecule has 0 radical (unpaired) electrons. The smallest absolute Gasteiger partial charge is 0.234 e. The van der Waals surface area contributed by atoms with Crippen molar-refractivity contribution in [3.05, 3.63) is 41.0 Å². The van der Waals surface area contributed by atoms with Crippen LogP contribution in [0.15, 0.2) is 30.3 Å². The van der Waals surface area contributed by atoms with Crippen LogP contribution in [0, 0.1) is 12.3 Å². The molecule has 1 saturated heterocycles. The van der Waals surface area contributed by atoms with Crippen LogP contribution in [-0.4, -0.2) is 53.6 Å². The van der Waals surface area contributed by atoms with E-state index in [1.807, 2.05) is 25.1 Å². The molecule has 0 spiro atoms. The number of nitrogens with zero attached hydrogens (tertiary/aromatic N) is 4. The van der Waals surface area contributed by atoms with Gasteiger partial charge < -0.3 is 15.5 Å². The number of hydrogen-bond acceptors (Lipinski definition) is 5. The summed E-state index contributed by atoms with van der Waals surface area (Å²) >= 11 is 5.92. The first-order valence-corrected chi connectivity index (χ1v) is 10.0. The molecule has 1 aromatic carbocycles. The zero-order chi connectivity index (χ0) is 20.1. The first-order valence-electron chi connectivity index (χ1n) is 9.64. The third-order valence-electron chi connectivity index (χ3n) is 4.89. The minimum atomic E-state index is 0.189. The lowest BCUT2D eigenvalue weighted by atomic mass is 10.1. The van der Waals surface area contributed by atoms with Crippen molar-refractivity contribution in [2.75, 3.05) is 42.2 Å². The van der Waals surface area contributed by atoms with Gasteiger partial charge in [0.1, 0.15) is 5.82 Å². The summed E-state index contributed by atoms with van der Waals surface area (Å²) in [6.07, 6.45) is 2.33. The molecule has 150 valence electrons. The van der Waals surface area contributed by atoms with E-state index in [4.69, 9.17) is 17.0 Å². The van der Waals surface area contributed by atoms with Crippen molar-refractivity contribution in [2.45, 2.75) is 32.7 Å². The average molecular weight is 402 g/mol. The lowest BCUT2D eigenvalue weighted by Crippen LogP contribution is -2.42. The van der Waals surface area contributed by atoms with Crippen molar-refractivity contribution in [1.29, 1.82) is 5.41 Å². The Balaban J connectivity index is 1.69. The van der Waals surface area contributed by atoms with Crippen LogP contribution in [-0.2, 0) is 0 Å². The number of rotatable bonds is 5. The number of hydrogen-bond donors (Lipinski definition) is 3. The Morgan fingerprint density at radius 1 is 1.32 bits per heavy atom. The second kappa shape index (κ2) is 9.21. The number of benzene rings is 1. The molecular weight excluding hydrogens is 374 g/mol. The van der Waals surface area contributed by atoms with Gasteiger partial charge in [-0.3, -0.25) is 10.3 Å². The van der Waals surface area contributed by atoms with E-state index in [-0.39, 0.29) is 5.96 Å². The number of nitrogens with one attached hydrogen (secondary N) is 3. The zero-order valence-corrected chi connectivity index (χ0v) is 17.4. The largest absolute Gasteiger partial charge is 0.366 e. The Morgan fingerprint density at radius 3 is 2.79 bits per heavy atom. The minimum Gasteiger partial charge on any atom is -0.366 e. The molecule has 1 unspecified atom stereocenters. The fraction of sp³-hybridized carbons (Fsp3) is 0.450. The van der Waals surface area contributed by atoms with Crippen LogP contribution in [0.1, 0.15) is 25.5 Å². The highest BCUT2D eigenvalue weighted by molar-refractivity contribution is 6.30. The SMILES string of the molecule is CCN1CCCC(Nc2cc(C)nc(N(C)C(=N)Nc3ccc(Cl)cc3)n2)C1. The van der Waals surface area contributed by atoms with E-state index in [0.717, 1.165) is 36.7 Å². The van der Waals surface area contributed by atoms with Gasteiger partial charge in [0.05, 0.1) is 0 Å². The van der Waals surface area contributed by atoms with Gasteiger partial charge in [0, 0.05) is 42.1 Å². The van der Waals surface area contributed by atoms with E-state index in [1.165, 1.54) is 13.0 Å². The van der Waals surface area contributed by atoms with Gasteiger partial charge in [-0.1, -0.05) is 18.5 Å². The lowest BCUT2D eigenvalue weighted by molar-refractivity contribution is 0.226. The molecule has 1 aliphatic heterocycles. The molecule has 2 heterocycles. The summed E-state index contributed by atoms with van der Waals surface area (Å²) in [7, 11) is 1.78. The Bertz CT molecular complexity index is 809. The molecular formula is C20H28ClN7. The quantitative estimate of drug-likeness (QED) is 0.522. The van der Waals surface area contributed by atoms with Crippen molar-refractivity contribution in [2.24, 2.45) is 0 Å². The van der Waals surface area contributed by atoms with E-state index >= 15 is 0 Å². The van der Waals surface area contributed by atoms with Gasteiger partial charge in [-0.05, 0) is 57.1 Å². The topological polar surface area (TPSA) is 80.2 Å². The minimum absolute atomic E-state index is 0.189. The van der Waals surface area contributed by atoms with Crippen molar-refractivity contribution in [3.8, 4) is 0 Å². The van der Waals surface area contributed by atoms with Crippen LogP contribution in [0.5, 0.6) is 0 Å². The molecule has 7 nitrogen and oxygen atoms in total. The Labute approximate surface area is 171 Å². The summed E-state index contributed by atoms with van der Waals surface area (Å²) in [6, 6.07) is 9.57. The maximum atomic E-state index is 8.34.